The van der Waals surface area contributed by atoms with E-state index in [0.717, 1.165) is 44.5 Å². The van der Waals surface area contributed by atoms with Gasteiger partial charge >= 0.3 is 0 Å². The van der Waals surface area contributed by atoms with E-state index in [1.54, 1.807) is 0 Å². The summed E-state index contributed by atoms with van der Waals surface area (Å²) in [5.74, 6) is -0.298. The van der Waals surface area contributed by atoms with E-state index in [9.17, 15) is 13.2 Å². The Kier molecular flexibility index (Phi) is 6.66. The summed E-state index contributed by atoms with van der Waals surface area (Å²) in [6, 6.07) is 7.66. The highest BCUT2D eigenvalue weighted by Crippen LogP contribution is 2.25. The van der Waals surface area contributed by atoms with Crippen LogP contribution < -0.4 is 10.2 Å². The van der Waals surface area contributed by atoms with E-state index in [-0.39, 0.29) is 23.3 Å². The fraction of sp³-hybridized carbons (Fsp3) is 0.611. The van der Waals surface area contributed by atoms with Gasteiger partial charge in [-0.3, -0.25) is 4.79 Å². The molecule has 1 aliphatic carbocycles. The van der Waals surface area contributed by atoms with Crippen molar-refractivity contribution < 1.29 is 13.2 Å². The summed E-state index contributed by atoms with van der Waals surface area (Å²) in [6.45, 7) is 6.07. The zero-order valence-electron chi connectivity index (χ0n) is 14.6. The lowest BCUT2D eigenvalue weighted by Gasteiger charge is -2.21. The van der Waals surface area contributed by atoms with E-state index >= 15 is 0 Å². The highest BCUT2D eigenvalue weighted by Gasteiger charge is 2.28. The first-order valence-corrected chi connectivity index (χ1v) is 10.5. The summed E-state index contributed by atoms with van der Waals surface area (Å²) in [5.41, 5.74) is 1.82. The van der Waals surface area contributed by atoms with E-state index in [1.807, 2.05) is 24.3 Å². The predicted octanol–water partition coefficient (Wildman–Crippen LogP) is 3.22. The molecule has 1 aromatic rings. The third kappa shape index (κ3) is 4.97. The third-order valence-electron chi connectivity index (χ3n) is 4.70. The van der Waals surface area contributed by atoms with Crippen LogP contribution in [-0.2, 0) is 14.6 Å². The van der Waals surface area contributed by atoms with Gasteiger partial charge in [0.1, 0.15) is 0 Å². The number of carbonyl (C=O) groups excluding carboxylic acids is 1. The van der Waals surface area contributed by atoms with Crippen molar-refractivity contribution in [2.45, 2.75) is 51.2 Å². The lowest BCUT2D eigenvalue weighted by atomic mass is 10.2. The summed E-state index contributed by atoms with van der Waals surface area (Å²) in [6.07, 6.45) is 3.48. The Balaban J connectivity index is 1.86. The molecule has 1 saturated carbocycles. The van der Waals surface area contributed by atoms with E-state index in [0.29, 0.717) is 5.69 Å². The smallest absolute Gasteiger partial charge is 0.225 e. The van der Waals surface area contributed by atoms with Crippen molar-refractivity contribution in [2.75, 3.05) is 29.1 Å². The molecule has 1 amide bonds. The van der Waals surface area contributed by atoms with Gasteiger partial charge in [-0.15, -0.1) is 0 Å². The first-order valence-electron chi connectivity index (χ1n) is 8.82. The van der Waals surface area contributed by atoms with Crippen LogP contribution in [0, 0.1) is 0 Å². The molecule has 0 spiro atoms. The fourth-order valence-corrected chi connectivity index (χ4v) is 5.07. The molecular formula is C18H28N2O3S. The molecule has 0 atom stereocenters. The maximum atomic E-state index is 12.2. The number of nitrogens with zero attached hydrogens (tertiary/aromatic N) is 1. The maximum Gasteiger partial charge on any atom is 0.225 e. The minimum absolute atomic E-state index is 0.0244. The number of nitrogens with one attached hydrogen (secondary N) is 1. The molecule has 0 heterocycles. The topological polar surface area (TPSA) is 66.5 Å². The molecule has 1 fully saturated rings. The maximum absolute atomic E-state index is 12.2. The minimum Gasteiger partial charge on any atom is -0.372 e. The molecule has 2 rings (SSSR count). The molecule has 0 unspecified atom stereocenters. The van der Waals surface area contributed by atoms with E-state index in [1.165, 1.54) is 0 Å². The number of carbonyl (C=O) groups is 1. The summed E-state index contributed by atoms with van der Waals surface area (Å²) >= 11 is 0. The van der Waals surface area contributed by atoms with Crippen molar-refractivity contribution in [3.8, 4) is 0 Å². The average molecular weight is 353 g/mol. The SMILES string of the molecule is CCN(CC)c1ccc(NC(=O)CCS(=O)(=O)C2CCCC2)cc1. The molecule has 0 aliphatic heterocycles. The summed E-state index contributed by atoms with van der Waals surface area (Å²) in [4.78, 5) is 14.2. The Morgan fingerprint density at radius 2 is 1.71 bits per heavy atom. The van der Waals surface area contributed by atoms with Gasteiger partial charge in [-0.1, -0.05) is 12.8 Å². The zero-order chi connectivity index (χ0) is 17.6. The van der Waals surface area contributed by atoms with E-state index in [4.69, 9.17) is 0 Å². The number of amides is 1. The van der Waals surface area contributed by atoms with Crippen LogP contribution in [0.2, 0.25) is 0 Å². The molecule has 5 nitrogen and oxygen atoms in total. The largest absolute Gasteiger partial charge is 0.372 e. The van der Waals surface area contributed by atoms with E-state index in [2.05, 4.69) is 24.1 Å². The minimum atomic E-state index is -3.14. The summed E-state index contributed by atoms with van der Waals surface area (Å²) in [7, 11) is -3.14. The van der Waals surface area contributed by atoms with Crippen molar-refractivity contribution in [3.63, 3.8) is 0 Å². The molecule has 134 valence electrons. The highest BCUT2D eigenvalue weighted by molar-refractivity contribution is 7.92. The number of benzene rings is 1. The van der Waals surface area contributed by atoms with Gasteiger partial charge in [-0.25, -0.2) is 8.42 Å². The van der Waals surface area contributed by atoms with Crippen LogP contribution in [0.1, 0.15) is 46.0 Å². The van der Waals surface area contributed by atoms with Gasteiger partial charge < -0.3 is 10.2 Å². The molecule has 1 N–H and O–H groups in total. The lowest BCUT2D eigenvalue weighted by molar-refractivity contribution is -0.115. The Bertz CT molecular complexity index is 631. The monoisotopic (exact) mass is 352 g/mol. The lowest BCUT2D eigenvalue weighted by Crippen LogP contribution is -2.24. The number of hydrogen-bond donors (Lipinski definition) is 1. The molecule has 1 aliphatic rings. The van der Waals surface area contributed by atoms with Crippen molar-refractivity contribution >= 4 is 27.1 Å². The van der Waals surface area contributed by atoms with Crippen LogP contribution in [0.5, 0.6) is 0 Å². The second-order valence-corrected chi connectivity index (χ2v) is 8.69. The Morgan fingerprint density at radius 3 is 2.25 bits per heavy atom. The predicted molar refractivity (Wildman–Crippen MR) is 99.3 cm³/mol. The number of anilines is 2. The van der Waals surface area contributed by atoms with Gasteiger partial charge in [0.2, 0.25) is 5.91 Å². The van der Waals surface area contributed by atoms with Crippen molar-refractivity contribution in [1.82, 2.24) is 0 Å². The summed E-state index contributed by atoms with van der Waals surface area (Å²) < 4.78 is 24.4. The van der Waals surface area contributed by atoms with Gasteiger partial charge in [-0.05, 0) is 51.0 Å². The quantitative estimate of drug-likeness (QED) is 0.780. The van der Waals surface area contributed by atoms with Gasteiger partial charge in [-0.2, -0.15) is 0 Å². The Morgan fingerprint density at radius 1 is 1.12 bits per heavy atom. The second-order valence-electron chi connectivity index (χ2n) is 6.29. The van der Waals surface area contributed by atoms with Crippen LogP contribution in [0.15, 0.2) is 24.3 Å². The van der Waals surface area contributed by atoms with Crippen LogP contribution in [0.4, 0.5) is 11.4 Å². The van der Waals surface area contributed by atoms with Crippen molar-refractivity contribution in [3.05, 3.63) is 24.3 Å². The number of rotatable bonds is 8. The Hall–Kier alpha value is -1.56. The normalized spacial score (nSPS) is 15.4. The van der Waals surface area contributed by atoms with Crippen molar-refractivity contribution in [1.29, 1.82) is 0 Å². The number of sulfone groups is 1. The van der Waals surface area contributed by atoms with Crippen LogP contribution >= 0.6 is 0 Å². The van der Waals surface area contributed by atoms with Gasteiger partial charge in [0.15, 0.2) is 9.84 Å². The molecule has 0 radical (unpaired) electrons. The second kappa shape index (κ2) is 8.51. The first-order chi connectivity index (χ1) is 11.5. The fourth-order valence-electron chi connectivity index (χ4n) is 3.22. The average Bonchev–Trinajstić information content (AvgIpc) is 3.11. The highest BCUT2D eigenvalue weighted by atomic mass is 32.2. The molecule has 6 heteroatoms. The molecule has 1 aromatic carbocycles. The molecule has 0 saturated heterocycles. The van der Waals surface area contributed by atoms with Crippen LogP contribution in [0.25, 0.3) is 0 Å². The summed E-state index contributed by atoms with van der Waals surface area (Å²) in [5, 5.41) is 2.55. The van der Waals surface area contributed by atoms with Crippen LogP contribution in [0.3, 0.4) is 0 Å². The third-order valence-corrected chi connectivity index (χ3v) is 6.96. The van der Waals surface area contributed by atoms with Gasteiger partial charge in [0.25, 0.3) is 0 Å². The molecule has 0 bridgehead atoms. The van der Waals surface area contributed by atoms with Crippen molar-refractivity contribution in [2.24, 2.45) is 0 Å². The molecule has 24 heavy (non-hydrogen) atoms. The van der Waals surface area contributed by atoms with Gasteiger partial charge in [0, 0.05) is 30.9 Å². The zero-order valence-corrected chi connectivity index (χ0v) is 15.4. The molecule has 0 aromatic heterocycles. The van der Waals surface area contributed by atoms with E-state index < -0.39 is 9.84 Å². The standard InChI is InChI=1S/C18H28N2O3S/c1-3-20(4-2)16-11-9-15(10-12-16)19-18(21)13-14-24(22,23)17-7-5-6-8-17/h9-12,17H,3-8,13-14H2,1-2H3,(H,19,21). The first kappa shape index (κ1) is 18.8. The molecular weight excluding hydrogens is 324 g/mol. The Labute approximate surface area is 145 Å². The number of hydrogen-bond acceptors (Lipinski definition) is 4. The van der Waals surface area contributed by atoms with Crippen LogP contribution in [-0.4, -0.2) is 38.4 Å². The van der Waals surface area contributed by atoms with Gasteiger partial charge in [0.05, 0.1) is 11.0 Å².